The molecule has 2 aromatic rings. The third-order valence-electron chi connectivity index (χ3n) is 3.07. The largest absolute Gasteiger partial charge is 0.329 e. The molecule has 0 aliphatic carbocycles. The molecule has 0 saturated heterocycles. The third kappa shape index (κ3) is 6.40. The number of benzene rings is 2. The van der Waals surface area contributed by atoms with Gasteiger partial charge in [0.05, 0.1) is 5.70 Å². The summed E-state index contributed by atoms with van der Waals surface area (Å²) in [7, 11) is 0. The maximum absolute atomic E-state index is 10.4. The van der Waals surface area contributed by atoms with Gasteiger partial charge in [-0.05, 0) is 36.8 Å². The van der Waals surface area contributed by atoms with Crippen LogP contribution in [0.25, 0.3) is 5.70 Å². The summed E-state index contributed by atoms with van der Waals surface area (Å²) in [5.74, 6) is 0. The first-order chi connectivity index (χ1) is 11.8. The first-order valence-electron chi connectivity index (χ1n) is 8.01. The molecule has 2 aromatic carbocycles. The van der Waals surface area contributed by atoms with Crippen LogP contribution in [0.3, 0.4) is 0 Å². The number of hydrogen-bond donors (Lipinski definition) is 3. The zero-order valence-corrected chi connectivity index (χ0v) is 14.4. The molecule has 3 rings (SSSR count). The zero-order chi connectivity index (χ0) is 17.6. The fraction of sp³-hybridized carbons (Fsp3) is 0.150. The molecule has 0 bridgehead atoms. The van der Waals surface area contributed by atoms with E-state index >= 15 is 0 Å². The van der Waals surface area contributed by atoms with Gasteiger partial charge >= 0.3 is 0 Å². The van der Waals surface area contributed by atoms with Crippen LogP contribution >= 0.6 is 0 Å². The number of carbonyl (C=O) groups is 1. The average molecular weight is 325 g/mol. The predicted octanol–water partition coefficient (Wildman–Crippen LogP) is 4.48. The molecule has 0 saturated carbocycles. The smallest absolute Gasteiger partial charge is 0.211 e. The Morgan fingerprint density at radius 1 is 1.04 bits per heavy atom. The Kier molecular flexibility index (Phi) is 9.16. The lowest BCUT2D eigenvalue weighted by Crippen LogP contribution is -2.27. The Morgan fingerprint density at radius 3 is 2.17 bits per heavy atom. The fourth-order valence-corrected chi connectivity index (χ4v) is 1.97. The summed E-state index contributed by atoms with van der Waals surface area (Å²) >= 11 is 0. The van der Waals surface area contributed by atoms with E-state index in [9.17, 15) is 4.79 Å². The Morgan fingerprint density at radius 2 is 1.67 bits per heavy atom. The lowest BCUT2D eigenvalue weighted by Gasteiger charge is -2.16. The highest BCUT2D eigenvalue weighted by molar-refractivity contribution is 5.76. The highest BCUT2D eigenvalue weighted by atomic mass is 16.1. The van der Waals surface area contributed by atoms with Crippen molar-refractivity contribution in [2.24, 2.45) is 0 Å². The first kappa shape index (κ1) is 19.0. The van der Waals surface area contributed by atoms with E-state index in [4.69, 9.17) is 0 Å². The van der Waals surface area contributed by atoms with Crippen molar-refractivity contribution in [1.29, 1.82) is 0 Å². The molecule has 0 radical (unpaired) electrons. The summed E-state index contributed by atoms with van der Waals surface area (Å²) in [6.07, 6.45) is 6.39. The number of amides is 1. The normalized spacial score (nSPS) is 11.2. The van der Waals surface area contributed by atoms with Crippen LogP contribution in [0.2, 0.25) is 0 Å². The molecule has 0 atom stereocenters. The Balaban J connectivity index is 0.000000540. The van der Waals surface area contributed by atoms with E-state index in [-0.39, 0.29) is 1.43 Å². The van der Waals surface area contributed by atoms with Gasteiger partial charge in [-0.1, -0.05) is 56.3 Å². The lowest BCUT2D eigenvalue weighted by molar-refractivity contribution is -0.105. The van der Waals surface area contributed by atoms with Crippen LogP contribution in [0, 0.1) is 6.92 Å². The molecule has 0 fully saturated rings. The number of rotatable bonds is 3. The Hall–Kier alpha value is -3.01. The van der Waals surface area contributed by atoms with Crippen molar-refractivity contribution in [3.05, 3.63) is 84.1 Å². The van der Waals surface area contributed by atoms with Crippen LogP contribution in [-0.2, 0) is 4.79 Å². The van der Waals surface area contributed by atoms with E-state index in [0.29, 0.717) is 6.41 Å². The Bertz CT molecular complexity index is 643. The number of allylic oxidation sites excluding steroid dienone is 2. The van der Waals surface area contributed by atoms with Crippen LogP contribution < -0.4 is 16.2 Å². The van der Waals surface area contributed by atoms with Gasteiger partial charge in [0.2, 0.25) is 6.41 Å². The van der Waals surface area contributed by atoms with Gasteiger partial charge in [0.15, 0.2) is 0 Å². The summed E-state index contributed by atoms with van der Waals surface area (Å²) in [4.78, 5) is 10.4. The molecule has 128 valence electrons. The van der Waals surface area contributed by atoms with Gasteiger partial charge in [0.25, 0.3) is 0 Å². The minimum atomic E-state index is 0. The van der Waals surface area contributed by atoms with E-state index in [0.717, 1.165) is 22.5 Å². The fourth-order valence-electron chi connectivity index (χ4n) is 1.97. The van der Waals surface area contributed by atoms with E-state index < -0.39 is 0 Å². The van der Waals surface area contributed by atoms with E-state index in [1.54, 1.807) is 0 Å². The second-order valence-electron chi connectivity index (χ2n) is 4.66. The number of hydrazine groups is 1. The quantitative estimate of drug-likeness (QED) is 0.729. The maximum Gasteiger partial charge on any atom is 0.211 e. The topological polar surface area (TPSA) is 53.2 Å². The van der Waals surface area contributed by atoms with Gasteiger partial charge in [-0.3, -0.25) is 4.79 Å². The predicted molar refractivity (Wildman–Crippen MR) is 104 cm³/mol. The molecule has 1 aliphatic rings. The van der Waals surface area contributed by atoms with Crippen LogP contribution in [0.1, 0.15) is 26.4 Å². The first-order valence-corrected chi connectivity index (χ1v) is 8.01. The van der Waals surface area contributed by atoms with Crippen molar-refractivity contribution in [2.45, 2.75) is 20.8 Å². The SMILES string of the molecule is CC.Cc1ccc(NC=O)cc1C1=CC=CNN1.[HH].c1ccccc1. The monoisotopic (exact) mass is 325 g/mol. The summed E-state index contributed by atoms with van der Waals surface area (Å²) < 4.78 is 0. The van der Waals surface area contributed by atoms with Crippen LogP contribution in [-0.4, -0.2) is 6.41 Å². The molecule has 4 nitrogen and oxygen atoms in total. The van der Waals surface area contributed by atoms with E-state index in [2.05, 4.69) is 16.2 Å². The standard InChI is InChI=1S/C12H13N3O.C6H6.C2H6.H2/c1-9-4-5-10(13-8-16)7-11(9)12-3-2-6-14-15-12;1-2-4-6-5-3-1;1-2;/h2-8,14-15H,1H3,(H,13,16);1-6H;1-2H3;1H. The second-order valence-corrected chi connectivity index (χ2v) is 4.66. The molecule has 24 heavy (non-hydrogen) atoms. The van der Waals surface area contributed by atoms with E-state index in [1.165, 1.54) is 0 Å². The van der Waals surface area contributed by atoms with Gasteiger partial charge in [-0.15, -0.1) is 0 Å². The van der Waals surface area contributed by atoms with Gasteiger partial charge in [0, 0.05) is 18.9 Å². The van der Waals surface area contributed by atoms with E-state index in [1.807, 2.05) is 93.7 Å². The molecule has 4 heteroatoms. The van der Waals surface area contributed by atoms with Crippen molar-refractivity contribution in [3.8, 4) is 0 Å². The molecule has 3 N–H and O–H groups in total. The second kappa shape index (κ2) is 11.5. The highest BCUT2D eigenvalue weighted by Gasteiger charge is 2.06. The van der Waals surface area contributed by atoms with Crippen molar-refractivity contribution < 1.29 is 6.22 Å². The van der Waals surface area contributed by atoms with Gasteiger partial charge in [-0.25, -0.2) is 0 Å². The number of carbonyl (C=O) groups excluding carboxylic acids is 1. The maximum atomic E-state index is 10.4. The number of hydrogen-bond acceptors (Lipinski definition) is 3. The molecule has 1 heterocycles. The molecular formula is C20H27N3O. The summed E-state index contributed by atoms with van der Waals surface area (Å²) in [6.45, 7) is 6.03. The minimum Gasteiger partial charge on any atom is -0.329 e. The zero-order valence-electron chi connectivity index (χ0n) is 14.4. The highest BCUT2D eigenvalue weighted by Crippen LogP contribution is 2.21. The molecule has 0 spiro atoms. The number of aryl methyl sites for hydroxylation is 1. The van der Waals surface area contributed by atoms with Crippen LogP contribution in [0.15, 0.2) is 72.9 Å². The average Bonchev–Trinajstić information content (AvgIpc) is 2.68. The number of nitrogens with one attached hydrogen (secondary N) is 3. The van der Waals surface area contributed by atoms with Crippen LogP contribution in [0.5, 0.6) is 0 Å². The molecular weight excluding hydrogens is 298 g/mol. The summed E-state index contributed by atoms with van der Waals surface area (Å²) in [6, 6.07) is 17.8. The van der Waals surface area contributed by atoms with Crippen molar-refractivity contribution in [3.63, 3.8) is 0 Å². The lowest BCUT2D eigenvalue weighted by atomic mass is 10.0. The third-order valence-corrected chi connectivity index (χ3v) is 3.07. The summed E-state index contributed by atoms with van der Waals surface area (Å²) in [5, 5.41) is 2.64. The van der Waals surface area contributed by atoms with Crippen molar-refractivity contribution in [1.82, 2.24) is 10.9 Å². The minimum absolute atomic E-state index is 0. The van der Waals surface area contributed by atoms with Crippen molar-refractivity contribution in [2.75, 3.05) is 5.32 Å². The Labute approximate surface area is 145 Å². The van der Waals surface area contributed by atoms with Gasteiger partial charge in [-0.2, -0.15) is 0 Å². The molecule has 1 amide bonds. The van der Waals surface area contributed by atoms with Crippen LogP contribution in [0.4, 0.5) is 5.69 Å². The number of anilines is 1. The molecule has 0 unspecified atom stereocenters. The van der Waals surface area contributed by atoms with Crippen molar-refractivity contribution >= 4 is 17.8 Å². The van der Waals surface area contributed by atoms with Gasteiger partial charge in [0.1, 0.15) is 0 Å². The molecule has 1 aliphatic heterocycles. The molecule has 0 aromatic heterocycles. The summed E-state index contributed by atoms with van der Waals surface area (Å²) in [5.41, 5.74) is 9.95. The van der Waals surface area contributed by atoms with Gasteiger partial charge < -0.3 is 16.2 Å².